The Balaban J connectivity index is 1.53. The van der Waals surface area contributed by atoms with E-state index in [4.69, 9.17) is 4.42 Å². The molecule has 0 amide bonds. The van der Waals surface area contributed by atoms with Gasteiger partial charge in [-0.05, 0) is 12.1 Å². The summed E-state index contributed by atoms with van der Waals surface area (Å²) in [6.45, 7) is 6.31. The average molecular weight is 246 g/mol. The number of rotatable bonds is 4. The van der Waals surface area contributed by atoms with Crippen LogP contribution in [0.2, 0.25) is 0 Å². The first-order chi connectivity index (χ1) is 8.92. The summed E-state index contributed by atoms with van der Waals surface area (Å²) in [6.07, 6.45) is 0. The molecule has 1 aliphatic rings. The van der Waals surface area contributed by atoms with E-state index in [1.807, 2.05) is 24.3 Å². The molecule has 0 aliphatic carbocycles. The van der Waals surface area contributed by atoms with Crippen LogP contribution in [0.15, 0.2) is 28.7 Å². The van der Waals surface area contributed by atoms with Gasteiger partial charge in [0.25, 0.3) is 6.01 Å². The minimum atomic E-state index is 0.617. The van der Waals surface area contributed by atoms with Crippen molar-refractivity contribution in [2.24, 2.45) is 0 Å². The molecule has 0 unspecified atom stereocenters. The number of para-hydroxylation sites is 2. The van der Waals surface area contributed by atoms with E-state index >= 15 is 0 Å². The molecule has 5 heteroatoms. The smallest absolute Gasteiger partial charge is 0.295 e. The molecule has 3 rings (SSSR count). The van der Waals surface area contributed by atoms with E-state index in [0.717, 1.165) is 50.4 Å². The first-order valence-electron chi connectivity index (χ1n) is 6.44. The molecule has 1 aromatic carbocycles. The van der Waals surface area contributed by atoms with Gasteiger partial charge in [0.15, 0.2) is 5.58 Å². The summed E-state index contributed by atoms with van der Waals surface area (Å²) in [6, 6.07) is 8.43. The van der Waals surface area contributed by atoms with Gasteiger partial charge in [0.05, 0.1) is 0 Å². The van der Waals surface area contributed by atoms with E-state index in [0.29, 0.717) is 6.01 Å². The maximum Gasteiger partial charge on any atom is 0.295 e. The van der Waals surface area contributed by atoms with Crippen LogP contribution in [0.1, 0.15) is 0 Å². The highest BCUT2D eigenvalue weighted by Crippen LogP contribution is 2.17. The number of aromatic nitrogens is 1. The standard InChI is InChI=1S/C13H18N4O/c1-2-4-12-11(3-1)16-13(18-12)15-7-10-17-8-5-14-6-9-17/h1-4,14H,5-10H2,(H,15,16). The highest BCUT2D eigenvalue weighted by atomic mass is 16.4. The van der Waals surface area contributed by atoms with Crippen LogP contribution in [-0.2, 0) is 0 Å². The topological polar surface area (TPSA) is 53.3 Å². The Bertz CT molecular complexity index is 471. The maximum atomic E-state index is 5.60. The van der Waals surface area contributed by atoms with E-state index in [9.17, 15) is 0 Å². The number of hydrogen-bond donors (Lipinski definition) is 2. The first-order valence-corrected chi connectivity index (χ1v) is 6.44. The molecule has 0 saturated carbocycles. The van der Waals surface area contributed by atoms with Crippen LogP contribution in [-0.4, -0.2) is 49.2 Å². The lowest BCUT2D eigenvalue weighted by Crippen LogP contribution is -2.45. The summed E-state index contributed by atoms with van der Waals surface area (Å²) < 4.78 is 5.60. The molecular weight excluding hydrogens is 228 g/mol. The van der Waals surface area contributed by atoms with Gasteiger partial charge in [-0.2, -0.15) is 4.98 Å². The van der Waals surface area contributed by atoms with Gasteiger partial charge in [0.2, 0.25) is 0 Å². The number of nitrogens with one attached hydrogen (secondary N) is 2. The van der Waals surface area contributed by atoms with E-state index < -0.39 is 0 Å². The van der Waals surface area contributed by atoms with Crippen LogP contribution in [0, 0.1) is 0 Å². The number of oxazole rings is 1. The second-order valence-electron chi connectivity index (χ2n) is 4.51. The zero-order valence-corrected chi connectivity index (χ0v) is 10.4. The van der Waals surface area contributed by atoms with Crippen LogP contribution < -0.4 is 10.6 Å². The molecule has 2 N–H and O–H groups in total. The largest absolute Gasteiger partial charge is 0.424 e. The van der Waals surface area contributed by atoms with Crippen molar-refractivity contribution >= 4 is 17.1 Å². The Kier molecular flexibility index (Phi) is 3.43. The summed E-state index contributed by atoms with van der Waals surface area (Å²) in [5.74, 6) is 0. The predicted molar refractivity (Wildman–Crippen MR) is 71.8 cm³/mol. The SMILES string of the molecule is c1ccc2oc(NCCN3CCNCC3)nc2c1. The molecule has 0 bridgehead atoms. The van der Waals surface area contributed by atoms with E-state index in [1.54, 1.807) is 0 Å². The van der Waals surface area contributed by atoms with Crippen LogP contribution in [0.3, 0.4) is 0 Å². The molecular formula is C13H18N4O. The monoisotopic (exact) mass is 246 g/mol. The summed E-state index contributed by atoms with van der Waals surface area (Å²) in [7, 11) is 0. The molecule has 2 aromatic rings. The van der Waals surface area contributed by atoms with Crippen molar-refractivity contribution < 1.29 is 4.42 Å². The highest BCUT2D eigenvalue weighted by molar-refractivity contribution is 5.74. The minimum Gasteiger partial charge on any atom is -0.424 e. The van der Waals surface area contributed by atoms with Crippen LogP contribution >= 0.6 is 0 Å². The van der Waals surface area contributed by atoms with Crippen LogP contribution in [0.25, 0.3) is 11.1 Å². The minimum absolute atomic E-state index is 0.617. The lowest BCUT2D eigenvalue weighted by Gasteiger charge is -2.26. The molecule has 1 aromatic heterocycles. The third-order valence-electron chi connectivity index (χ3n) is 3.21. The van der Waals surface area contributed by atoms with Crippen molar-refractivity contribution in [3.63, 3.8) is 0 Å². The summed E-state index contributed by atoms with van der Waals surface area (Å²) in [4.78, 5) is 6.82. The molecule has 0 spiro atoms. The van der Waals surface area contributed by atoms with Gasteiger partial charge < -0.3 is 15.1 Å². The zero-order valence-electron chi connectivity index (χ0n) is 10.4. The van der Waals surface area contributed by atoms with Gasteiger partial charge in [-0.25, -0.2) is 0 Å². The van der Waals surface area contributed by atoms with Crippen LogP contribution in [0.5, 0.6) is 0 Å². The number of benzene rings is 1. The Morgan fingerprint density at radius 2 is 2.11 bits per heavy atom. The maximum absolute atomic E-state index is 5.60. The average Bonchev–Trinajstić information content (AvgIpc) is 2.82. The van der Waals surface area contributed by atoms with Crippen molar-refractivity contribution in [2.75, 3.05) is 44.6 Å². The molecule has 1 aliphatic heterocycles. The zero-order chi connectivity index (χ0) is 12.2. The first kappa shape index (κ1) is 11.5. The Morgan fingerprint density at radius 1 is 1.28 bits per heavy atom. The fraction of sp³-hybridized carbons (Fsp3) is 0.462. The summed E-state index contributed by atoms with van der Waals surface area (Å²) in [5, 5.41) is 6.59. The second kappa shape index (κ2) is 5.37. The lowest BCUT2D eigenvalue weighted by molar-refractivity contribution is 0.249. The summed E-state index contributed by atoms with van der Waals surface area (Å²) in [5.41, 5.74) is 1.74. The Hall–Kier alpha value is -1.59. The lowest BCUT2D eigenvalue weighted by atomic mass is 10.3. The highest BCUT2D eigenvalue weighted by Gasteiger charge is 2.09. The molecule has 96 valence electrons. The number of fused-ring (bicyclic) bond motifs is 1. The third-order valence-corrected chi connectivity index (χ3v) is 3.21. The van der Waals surface area contributed by atoms with Crippen molar-refractivity contribution in [1.82, 2.24) is 15.2 Å². The van der Waals surface area contributed by atoms with E-state index in [1.165, 1.54) is 0 Å². The van der Waals surface area contributed by atoms with Gasteiger partial charge in [0, 0.05) is 39.3 Å². The number of nitrogens with zero attached hydrogens (tertiary/aromatic N) is 2. The van der Waals surface area contributed by atoms with Gasteiger partial charge in [0.1, 0.15) is 5.52 Å². The predicted octanol–water partition coefficient (Wildman–Crippen LogP) is 1.14. The van der Waals surface area contributed by atoms with Gasteiger partial charge in [-0.3, -0.25) is 4.90 Å². The summed E-state index contributed by atoms with van der Waals surface area (Å²) >= 11 is 0. The Morgan fingerprint density at radius 3 is 2.94 bits per heavy atom. The van der Waals surface area contributed by atoms with Crippen LogP contribution in [0.4, 0.5) is 6.01 Å². The van der Waals surface area contributed by atoms with Gasteiger partial charge in [-0.1, -0.05) is 12.1 Å². The fourth-order valence-electron chi connectivity index (χ4n) is 2.20. The second-order valence-corrected chi connectivity index (χ2v) is 4.51. The van der Waals surface area contributed by atoms with Gasteiger partial charge in [-0.15, -0.1) is 0 Å². The van der Waals surface area contributed by atoms with Crippen molar-refractivity contribution in [3.05, 3.63) is 24.3 Å². The van der Waals surface area contributed by atoms with Gasteiger partial charge >= 0.3 is 0 Å². The van der Waals surface area contributed by atoms with E-state index in [-0.39, 0.29) is 0 Å². The molecule has 1 fully saturated rings. The number of hydrogen-bond acceptors (Lipinski definition) is 5. The molecule has 0 atom stereocenters. The molecule has 1 saturated heterocycles. The normalized spacial score (nSPS) is 17.1. The molecule has 5 nitrogen and oxygen atoms in total. The molecule has 0 radical (unpaired) electrons. The van der Waals surface area contributed by atoms with E-state index in [2.05, 4.69) is 20.5 Å². The number of anilines is 1. The molecule has 18 heavy (non-hydrogen) atoms. The van der Waals surface area contributed by atoms with Crippen molar-refractivity contribution in [1.29, 1.82) is 0 Å². The fourth-order valence-corrected chi connectivity index (χ4v) is 2.20. The third kappa shape index (κ3) is 2.63. The quantitative estimate of drug-likeness (QED) is 0.847. The number of piperazine rings is 1. The van der Waals surface area contributed by atoms with Crippen molar-refractivity contribution in [3.8, 4) is 0 Å². The Labute approximate surface area is 106 Å². The van der Waals surface area contributed by atoms with Crippen molar-refractivity contribution in [2.45, 2.75) is 0 Å². The molecule has 2 heterocycles.